The molecule has 0 aliphatic rings. The minimum Gasteiger partial charge on any atom is -0.456 e. The molecule has 0 bridgehead atoms. The average Bonchev–Trinajstić information content (AvgIpc) is 3.82. The van der Waals surface area contributed by atoms with Gasteiger partial charge in [0.1, 0.15) is 22.3 Å². The summed E-state index contributed by atoms with van der Waals surface area (Å²) in [6, 6.07) is 71.1. The standard InChI is InChI=1S/C52H33NO2/c1-2-12-36-31-38(24-23-34(36)11-1)37-13-9-14-41(32-37)53(40-28-25-35(26-29-40)43-18-10-19-47-45-17-5-8-22-50(45)55-52(43)47)48-20-6-3-15-42(48)39-27-30-46-44-16-4-7-21-49(44)54-51(46)33-39/h1-33H. The number of hydrogen-bond acceptors (Lipinski definition) is 3. The van der Waals surface area contributed by atoms with Crippen LogP contribution in [0.2, 0.25) is 0 Å². The number of hydrogen-bond donors (Lipinski definition) is 0. The van der Waals surface area contributed by atoms with Gasteiger partial charge >= 0.3 is 0 Å². The molecular weight excluding hydrogens is 671 g/mol. The molecule has 0 aliphatic carbocycles. The van der Waals surface area contributed by atoms with Crippen LogP contribution in [0.1, 0.15) is 0 Å². The molecule has 2 aromatic heterocycles. The minimum atomic E-state index is 0.877. The fourth-order valence-corrected chi connectivity index (χ4v) is 8.19. The fraction of sp³-hybridized carbons (Fsp3) is 0. The SMILES string of the molecule is c1cc(-c2ccc3ccccc3c2)cc(N(c2ccc(-c3cccc4c3oc3ccccc34)cc2)c2ccccc2-c2ccc3c(c2)oc2ccccc23)c1. The molecule has 2 heterocycles. The van der Waals surface area contributed by atoms with Crippen molar-refractivity contribution in [3.63, 3.8) is 0 Å². The van der Waals surface area contributed by atoms with Gasteiger partial charge in [-0.05, 0) is 93.7 Å². The fourth-order valence-electron chi connectivity index (χ4n) is 8.19. The first-order chi connectivity index (χ1) is 27.2. The first-order valence-corrected chi connectivity index (χ1v) is 18.7. The number of para-hydroxylation sites is 4. The topological polar surface area (TPSA) is 29.5 Å². The Bertz CT molecular complexity index is 3220. The smallest absolute Gasteiger partial charge is 0.143 e. The molecule has 0 unspecified atom stereocenters. The number of benzene rings is 9. The van der Waals surface area contributed by atoms with Gasteiger partial charge in [-0.2, -0.15) is 0 Å². The van der Waals surface area contributed by atoms with Crippen LogP contribution in [0.4, 0.5) is 17.1 Å². The molecule has 0 spiro atoms. The van der Waals surface area contributed by atoms with Crippen molar-refractivity contribution < 1.29 is 8.83 Å². The molecule has 0 saturated carbocycles. The van der Waals surface area contributed by atoms with Gasteiger partial charge < -0.3 is 13.7 Å². The van der Waals surface area contributed by atoms with Crippen LogP contribution in [0.15, 0.2) is 209 Å². The van der Waals surface area contributed by atoms with Crippen molar-refractivity contribution in [2.75, 3.05) is 4.90 Å². The van der Waals surface area contributed by atoms with Crippen LogP contribution in [0, 0.1) is 0 Å². The van der Waals surface area contributed by atoms with Crippen LogP contribution in [0.25, 0.3) is 88.0 Å². The largest absolute Gasteiger partial charge is 0.456 e. The summed E-state index contributed by atoms with van der Waals surface area (Å²) in [6.45, 7) is 0. The molecule has 11 rings (SSSR count). The number of rotatable bonds is 6. The molecule has 0 radical (unpaired) electrons. The molecule has 0 amide bonds. The average molecular weight is 704 g/mol. The van der Waals surface area contributed by atoms with Crippen LogP contribution in [-0.2, 0) is 0 Å². The van der Waals surface area contributed by atoms with E-state index in [1.165, 1.54) is 16.3 Å². The lowest BCUT2D eigenvalue weighted by atomic mass is 9.98. The Morgan fingerprint density at radius 2 is 0.927 bits per heavy atom. The Labute approximate surface area is 317 Å². The highest BCUT2D eigenvalue weighted by molar-refractivity contribution is 6.10. The molecule has 0 saturated heterocycles. The Hall–Kier alpha value is -7.36. The number of nitrogens with zero attached hydrogens (tertiary/aromatic N) is 1. The molecule has 55 heavy (non-hydrogen) atoms. The van der Waals surface area contributed by atoms with Crippen molar-refractivity contribution in [1.29, 1.82) is 0 Å². The van der Waals surface area contributed by atoms with E-state index >= 15 is 0 Å². The molecule has 0 atom stereocenters. The first-order valence-electron chi connectivity index (χ1n) is 18.7. The second kappa shape index (κ2) is 12.6. The van der Waals surface area contributed by atoms with Gasteiger partial charge in [-0.3, -0.25) is 0 Å². The van der Waals surface area contributed by atoms with Crippen molar-refractivity contribution in [2.45, 2.75) is 0 Å². The number of anilines is 3. The van der Waals surface area contributed by atoms with Gasteiger partial charge in [-0.1, -0.05) is 140 Å². The van der Waals surface area contributed by atoms with E-state index in [1.54, 1.807) is 0 Å². The van der Waals surface area contributed by atoms with Gasteiger partial charge in [0.2, 0.25) is 0 Å². The molecule has 0 N–H and O–H groups in total. The summed E-state index contributed by atoms with van der Waals surface area (Å²) in [5, 5.41) is 6.96. The van der Waals surface area contributed by atoms with Gasteiger partial charge in [-0.15, -0.1) is 0 Å². The molecule has 258 valence electrons. The molecule has 9 aromatic carbocycles. The lowest BCUT2D eigenvalue weighted by Gasteiger charge is -2.28. The second-order valence-electron chi connectivity index (χ2n) is 14.1. The summed E-state index contributed by atoms with van der Waals surface area (Å²) in [7, 11) is 0. The third kappa shape index (κ3) is 5.28. The van der Waals surface area contributed by atoms with E-state index < -0.39 is 0 Å². The maximum atomic E-state index is 6.43. The Morgan fingerprint density at radius 3 is 1.80 bits per heavy atom. The Balaban J connectivity index is 1.07. The van der Waals surface area contributed by atoms with Gasteiger partial charge in [0.25, 0.3) is 0 Å². The molecule has 0 fully saturated rings. The predicted molar refractivity (Wildman–Crippen MR) is 229 cm³/mol. The zero-order valence-corrected chi connectivity index (χ0v) is 29.8. The number of furan rings is 2. The van der Waals surface area contributed by atoms with E-state index in [1.807, 2.05) is 24.3 Å². The summed E-state index contributed by atoms with van der Waals surface area (Å²) in [5.41, 5.74) is 13.5. The first kappa shape index (κ1) is 31.2. The van der Waals surface area contributed by atoms with Gasteiger partial charge in [0.15, 0.2) is 0 Å². The maximum Gasteiger partial charge on any atom is 0.143 e. The number of fused-ring (bicyclic) bond motifs is 7. The summed E-state index contributed by atoms with van der Waals surface area (Å²) < 4.78 is 12.8. The molecule has 0 aliphatic heterocycles. The van der Waals surface area contributed by atoms with Crippen molar-refractivity contribution in [2.24, 2.45) is 0 Å². The zero-order chi connectivity index (χ0) is 36.3. The van der Waals surface area contributed by atoms with Crippen LogP contribution in [0.3, 0.4) is 0 Å². The monoisotopic (exact) mass is 703 g/mol. The van der Waals surface area contributed by atoms with Gasteiger partial charge in [-0.25, -0.2) is 0 Å². The van der Waals surface area contributed by atoms with Crippen molar-refractivity contribution >= 4 is 71.7 Å². The summed E-state index contributed by atoms with van der Waals surface area (Å²) in [4.78, 5) is 2.37. The minimum absolute atomic E-state index is 0.877. The third-order valence-electron chi connectivity index (χ3n) is 10.9. The summed E-state index contributed by atoms with van der Waals surface area (Å²) >= 11 is 0. The van der Waals surface area contributed by atoms with E-state index in [0.29, 0.717) is 0 Å². The van der Waals surface area contributed by atoms with Crippen LogP contribution >= 0.6 is 0 Å². The van der Waals surface area contributed by atoms with E-state index in [2.05, 4.69) is 181 Å². The highest BCUT2D eigenvalue weighted by atomic mass is 16.3. The quantitative estimate of drug-likeness (QED) is 0.173. The van der Waals surface area contributed by atoms with Crippen molar-refractivity contribution in [3.05, 3.63) is 200 Å². The van der Waals surface area contributed by atoms with Gasteiger partial charge in [0.05, 0.1) is 5.69 Å². The van der Waals surface area contributed by atoms with E-state index in [4.69, 9.17) is 8.83 Å². The Kier molecular flexibility index (Phi) is 7.17. The van der Waals surface area contributed by atoms with Crippen LogP contribution in [-0.4, -0.2) is 0 Å². The van der Waals surface area contributed by atoms with E-state index in [0.717, 1.165) is 88.8 Å². The van der Waals surface area contributed by atoms with Crippen molar-refractivity contribution in [1.82, 2.24) is 0 Å². The zero-order valence-electron chi connectivity index (χ0n) is 29.8. The molecule has 3 heteroatoms. The van der Waals surface area contributed by atoms with E-state index in [9.17, 15) is 0 Å². The van der Waals surface area contributed by atoms with Gasteiger partial charge in [0, 0.05) is 44.0 Å². The molecule has 11 aromatic rings. The molecular formula is C52H33NO2. The highest BCUT2D eigenvalue weighted by Crippen LogP contribution is 2.44. The summed E-state index contributed by atoms with van der Waals surface area (Å²) in [5.74, 6) is 0. The maximum absolute atomic E-state index is 6.43. The van der Waals surface area contributed by atoms with Crippen LogP contribution in [0.5, 0.6) is 0 Å². The highest BCUT2D eigenvalue weighted by Gasteiger charge is 2.20. The van der Waals surface area contributed by atoms with Crippen molar-refractivity contribution in [3.8, 4) is 33.4 Å². The second-order valence-corrected chi connectivity index (χ2v) is 14.1. The lowest BCUT2D eigenvalue weighted by Crippen LogP contribution is -2.11. The molecule has 3 nitrogen and oxygen atoms in total. The normalized spacial score (nSPS) is 11.6. The lowest BCUT2D eigenvalue weighted by molar-refractivity contribution is 0.669. The van der Waals surface area contributed by atoms with Crippen LogP contribution < -0.4 is 4.90 Å². The van der Waals surface area contributed by atoms with E-state index in [-0.39, 0.29) is 0 Å². The summed E-state index contributed by atoms with van der Waals surface area (Å²) in [6.07, 6.45) is 0. The third-order valence-corrected chi connectivity index (χ3v) is 10.9. The Morgan fingerprint density at radius 1 is 0.309 bits per heavy atom. The predicted octanol–water partition coefficient (Wildman–Crippen LogP) is 15.1.